The lowest BCUT2D eigenvalue weighted by Crippen LogP contribution is -2.43. The van der Waals surface area contributed by atoms with Crippen molar-refractivity contribution in [2.75, 3.05) is 18.4 Å². The Hall–Kier alpha value is -2.56. The summed E-state index contributed by atoms with van der Waals surface area (Å²) in [5, 5.41) is 8.52. The maximum absolute atomic E-state index is 13.2. The highest BCUT2D eigenvalue weighted by Gasteiger charge is 2.34. The molecule has 1 amide bonds. The summed E-state index contributed by atoms with van der Waals surface area (Å²) < 4.78 is 33.0. The molecule has 1 aromatic carbocycles. The van der Waals surface area contributed by atoms with Crippen LogP contribution in [0.15, 0.2) is 38.4 Å². The molecule has 164 valence electrons. The van der Waals surface area contributed by atoms with Gasteiger partial charge in [0.1, 0.15) is 4.21 Å². The molecule has 1 atom stereocenters. The van der Waals surface area contributed by atoms with Gasteiger partial charge in [0, 0.05) is 36.6 Å². The van der Waals surface area contributed by atoms with Gasteiger partial charge >= 0.3 is 0 Å². The summed E-state index contributed by atoms with van der Waals surface area (Å²) >= 11 is 1.12. The van der Waals surface area contributed by atoms with Crippen molar-refractivity contribution in [3.63, 3.8) is 0 Å². The van der Waals surface area contributed by atoms with E-state index in [2.05, 4.69) is 15.5 Å². The highest BCUT2D eigenvalue weighted by molar-refractivity contribution is 7.91. The first-order chi connectivity index (χ1) is 14.7. The molecule has 0 saturated carbocycles. The lowest BCUT2D eigenvalue weighted by atomic mass is 9.98. The van der Waals surface area contributed by atoms with Crippen LogP contribution >= 0.6 is 11.3 Å². The van der Waals surface area contributed by atoms with Gasteiger partial charge in [-0.3, -0.25) is 4.79 Å². The number of nitrogens with one attached hydrogen (secondary N) is 1. The predicted molar refractivity (Wildman–Crippen MR) is 118 cm³/mol. The summed E-state index contributed by atoms with van der Waals surface area (Å²) in [7, 11) is -3.71. The Bertz CT molecular complexity index is 1220. The summed E-state index contributed by atoms with van der Waals surface area (Å²) in [4.78, 5) is 17.0. The molecule has 1 aliphatic rings. The zero-order chi connectivity index (χ0) is 22.2. The van der Waals surface area contributed by atoms with Crippen LogP contribution in [0.1, 0.15) is 29.9 Å². The Morgan fingerprint density at radius 2 is 2.06 bits per heavy atom. The quantitative estimate of drug-likeness (QED) is 0.621. The smallest absolute Gasteiger partial charge is 0.252 e. The first-order valence-corrected chi connectivity index (χ1v) is 12.3. The molecular formula is C21H24N4O4S2. The van der Waals surface area contributed by atoms with Crippen molar-refractivity contribution >= 4 is 33.0 Å². The minimum Gasteiger partial charge on any atom is -0.339 e. The van der Waals surface area contributed by atoms with Crippen molar-refractivity contribution in [1.29, 1.82) is 0 Å². The Labute approximate surface area is 185 Å². The van der Waals surface area contributed by atoms with Crippen LogP contribution in [0.2, 0.25) is 0 Å². The Morgan fingerprint density at radius 3 is 2.81 bits per heavy atom. The number of sulfonamides is 1. The zero-order valence-electron chi connectivity index (χ0n) is 17.6. The Morgan fingerprint density at radius 1 is 1.26 bits per heavy atom. The van der Waals surface area contributed by atoms with Gasteiger partial charge in [-0.25, -0.2) is 8.42 Å². The van der Waals surface area contributed by atoms with E-state index in [0.717, 1.165) is 28.2 Å². The lowest BCUT2D eigenvalue weighted by Gasteiger charge is -2.31. The van der Waals surface area contributed by atoms with Gasteiger partial charge in [0.15, 0.2) is 0 Å². The average molecular weight is 461 g/mol. The van der Waals surface area contributed by atoms with Gasteiger partial charge in [-0.1, -0.05) is 17.3 Å². The second-order valence-electron chi connectivity index (χ2n) is 7.80. The predicted octanol–water partition coefficient (Wildman–Crippen LogP) is 3.76. The van der Waals surface area contributed by atoms with E-state index in [0.29, 0.717) is 36.7 Å². The molecule has 4 rings (SSSR count). The van der Waals surface area contributed by atoms with E-state index in [9.17, 15) is 13.2 Å². The molecule has 0 radical (unpaired) electrons. The van der Waals surface area contributed by atoms with E-state index < -0.39 is 15.9 Å². The Balaban J connectivity index is 1.49. The zero-order valence-corrected chi connectivity index (χ0v) is 19.2. The summed E-state index contributed by atoms with van der Waals surface area (Å²) in [6, 6.07) is 7.44. The Kier molecular flexibility index (Phi) is 5.96. The van der Waals surface area contributed by atoms with Gasteiger partial charge in [0.05, 0.1) is 5.92 Å². The van der Waals surface area contributed by atoms with Gasteiger partial charge in [-0.05, 0) is 49.9 Å². The molecule has 0 unspecified atom stereocenters. The number of benzene rings is 1. The minimum atomic E-state index is -3.71. The third kappa shape index (κ3) is 4.56. The van der Waals surface area contributed by atoms with Crippen molar-refractivity contribution in [1.82, 2.24) is 14.4 Å². The topological polar surface area (TPSA) is 105 Å². The fourth-order valence-corrected chi connectivity index (χ4v) is 6.43. The molecule has 0 bridgehead atoms. The highest BCUT2D eigenvalue weighted by atomic mass is 32.2. The number of carbonyl (C=O) groups is 1. The van der Waals surface area contributed by atoms with Gasteiger partial charge < -0.3 is 9.84 Å². The number of hydrogen-bond acceptors (Lipinski definition) is 7. The van der Waals surface area contributed by atoms with E-state index >= 15 is 0 Å². The SMILES string of the molecule is Cc1ccc(C)c(NC(=O)[C@H]2CCCN(S(=O)(=O)c3cc(-c4noc(C)n4)cs3)C2)c1. The molecular weight excluding hydrogens is 436 g/mol. The van der Waals surface area contributed by atoms with E-state index in [1.54, 1.807) is 18.4 Å². The van der Waals surface area contributed by atoms with Gasteiger partial charge in [-0.15, -0.1) is 11.3 Å². The van der Waals surface area contributed by atoms with Crippen molar-refractivity contribution < 1.29 is 17.7 Å². The molecule has 8 nitrogen and oxygen atoms in total. The number of carbonyl (C=O) groups excluding carboxylic acids is 1. The normalized spacial score (nSPS) is 17.6. The third-order valence-electron chi connectivity index (χ3n) is 5.36. The van der Waals surface area contributed by atoms with Crippen LogP contribution in [0.5, 0.6) is 0 Å². The molecule has 3 aromatic rings. The van der Waals surface area contributed by atoms with Crippen LogP contribution < -0.4 is 5.32 Å². The highest BCUT2D eigenvalue weighted by Crippen LogP contribution is 2.31. The van der Waals surface area contributed by atoms with Crippen LogP contribution in [-0.4, -0.2) is 41.9 Å². The average Bonchev–Trinajstić information content (AvgIpc) is 3.40. The van der Waals surface area contributed by atoms with Crippen LogP contribution in [0, 0.1) is 26.7 Å². The van der Waals surface area contributed by atoms with Gasteiger partial charge in [0.2, 0.25) is 17.6 Å². The number of aryl methyl sites for hydroxylation is 3. The molecule has 1 aliphatic heterocycles. The van der Waals surface area contributed by atoms with Crippen LogP contribution in [0.4, 0.5) is 5.69 Å². The third-order valence-corrected chi connectivity index (χ3v) is 8.64. The number of rotatable bonds is 5. The molecule has 2 aromatic heterocycles. The molecule has 3 heterocycles. The molecule has 1 saturated heterocycles. The number of amides is 1. The standard InChI is InChI=1S/C21H24N4O4S2/c1-13-6-7-14(2)18(9-13)23-21(26)16-5-4-8-25(11-16)31(27,28)19-10-17(12-30-19)20-22-15(3)29-24-20/h6-7,9-10,12,16H,4-5,8,11H2,1-3H3,(H,23,26)/t16-/m0/s1. The van der Waals surface area contributed by atoms with E-state index in [1.807, 2.05) is 32.0 Å². The van der Waals surface area contributed by atoms with E-state index in [1.165, 1.54) is 4.31 Å². The van der Waals surface area contributed by atoms with E-state index in [-0.39, 0.29) is 16.7 Å². The van der Waals surface area contributed by atoms with Crippen molar-refractivity contribution in [2.24, 2.45) is 5.92 Å². The summed E-state index contributed by atoms with van der Waals surface area (Å²) in [5.41, 5.74) is 3.39. The number of anilines is 1. The maximum atomic E-state index is 13.2. The van der Waals surface area contributed by atoms with Crippen molar-refractivity contribution in [3.05, 3.63) is 46.7 Å². The largest absolute Gasteiger partial charge is 0.339 e. The second kappa shape index (κ2) is 8.52. The molecule has 0 spiro atoms. The van der Waals surface area contributed by atoms with E-state index in [4.69, 9.17) is 4.52 Å². The van der Waals surface area contributed by atoms with Crippen LogP contribution in [-0.2, 0) is 14.8 Å². The fourth-order valence-electron chi connectivity index (χ4n) is 3.59. The monoisotopic (exact) mass is 460 g/mol. The number of thiophene rings is 1. The number of hydrogen-bond donors (Lipinski definition) is 1. The summed E-state index contributed by atoms with van der Waals surface area (Å²) in [6.07, 6.45) is 1.28. The molecule has 10 heteroatoms. The number of nitrogens with zero attached hydrogens (tertiary/aromatic N) is 3. The van der Waals surface area contributed by atoms with Crippen LogP contribution in [0.3, 0.4) is 0 Å². The molecule has 1 N–H and O–H groups in total. The molecule has 0 aliphatic carbocycles. The van der Waals surface area contributed by atoms with Gasteiger partial charge in [0.25, 0.3) is 10.0 Å². The number of aromatic nitrogens is 2. The van der Waals surface area contributed by atoms with Crippen molar-refractivity contribution in [2.45, 2.75) is 37.8 Å². The fraction of sp³-hybridized carbons (Fsp3) is 0.381. The molecule has 31 heavy (non-hydrogen) atoms. The molecule has 1 fully saturated rings. The van der Waals surface area contributed by atoms with Gasteiger partial charge in [-0.2, -0.15) is 9.29 Å². The lowest BCUT2D eigenvalue weighted by molar-refractivity contribution is -0.120. The number of piperidine rings is 1. The maximum Gasteiger partial charge on any atom is 0.252 e. The van der Waals surface area contributed by atoms with Crippen molar-refractivity contribution in [3.8, 4) is 11.4 Å². The first-order valence-electron chi connectivity index (χ1n) is 10.0. The summed E-state index contributed by atoms with van der Waals surface area (Å²) in [6.45, 7) is 6.14. The van der Waals surface area contributed by atoms with Crippen LogP contribution in [0.25, 0.3) is 11.4 Å². The summed E-state index contributed by atoms with van der Waals surface area (Å²) in [5.74, 6) is 0.226. The second-order valence-corrected chi connectivity index (χ2v) is 10.9. The first kappa shape index (κ1) is 21.7. The minimum absolute atomic E-state index is 0.150.